The van der Waals surface area contributed by atoms with Crippen LogP contribution >= 0.6 is 34.8 Å². The van der Waals surface area contributed by atoms with Gasteiger partial charge in [0.1, 0.15) is 5.75 Å². The Morgan fingerprint density at radius 2 is 1.93 bits per heavy atom. The van der Waals surface area contributed by atoms with Gasteiger partial charge in [0.25, 0.3) is 5.91 Å². The molecule has 0 radical (unpaired) electrons. The van der Waals surface area contributed by atoms with Gasteiger partial charge in [-0.05, 0) is 92.8 Å². The second-order valence-electron chi connectivity index (χ2n) is 9.05. The second kappa shape index (κ2) is 13.1. The van der Waals surface area contributed by atoms with Crippen molar-refractivity contribution in [1.82, 2.24) is 20.6 Å². The molecule has 0 saturated heterocycles. The molecule has 0 spiro atoms. The minimum atomic E-state index is -0.603. The predicted octanol–water partition coefficient (Wildman–Crippen LogP) is 4.58. The lowest BCUT2D eigenvalue weighted by Crippen LogP contribution is -2.45. The van der Waals surface area contributed by atoms with Crippen LogP contribution in [0.1, 0.15) is 42.4 Å². The molecule has 9 nitrogen and oxygen atoms in total. The predicted molar refractivity (Wildman–Crippen MR) is 167 cm³/mol. The molecule has 0 unspecified atom stereocenters. The maximum absolute atomic E-state index is 12.7. The zero-order valence-corrected chi connectivity index (χ0v) is 25.6. The molecule has 1 aliphatic heterocycles. The summed E-state index contributed by atoms with van der Waals surface area (Å²) in [6.07, 6.45) is 1.62. The Labute approximate surface area is 252 Å². The first kappa shape index (κ1) is 29.3. The van der Waals surface area contributed by atoms with E-state index in [1.165, 1.54) is 0 Å². The van der Waals surface area contributed by atoms with Crippen LogP contribution in [0.5, 0.6) is 5.75 Å². The van der Waals surface area contributed by atoms with E-state index in [2.05, 4.69) is 60.5 Å². The van der Waals surface area contributed by atoms with Crippen molar-refractivity contribution in [2.24, 2.45) is 5.10 Å². The molecule has 11 heteroatoms. The minimum Gasteiger partial charge on any atom is -0.483 e. The lowest BCUT2D eigenvalue weighted by molar-refractivity contribution is -0.139. The van der Waals surface area contributed by atoms with Gasteiger partial charge >= 0.3 is 5.97 Å². The van der Waals surface area contributed by atoms with E-state index in [4.69, 9.17) is 21.7 Å². The number of aryl methyl sites for hydroxylation is 1. The van der Waals surface area contributed by atoms with Gasteiger partial charge in [-0.15, -0.1) is 0 Å². The number of hydrogen-bond donors (Lipinski definition) is 3. The van der Waals surface area contributed by atoms with Crippen LogP contribution in [0.25, 0.3) is 5.69 Å². The molecule has 40 heavy (non-hydrogen) atoms. The first-order chi connectivity index (χ1) is 19.2. The molecule has 0 bridgehead atoms. The van der Waals surface area contributed by atoms with Crippen LogP contribution in [0.4, 0.5) is 0 Å². The van der Waals surface area contributed by atoms with Crippen LogP contribution in [0.3, 0.4) is 0 Å². The first-order valence-corrected chi connectivity index (χ1v) is 14.1. The Kier molecular flexibility index (Phi) is 9.58. The monoisotopic (exact) mass is 671 g/mol. The highest BCUT2D eigenvalue weighted by Crippen LogP contribution is 2.33. The van der Waals surface area contributed by atoms with Crippen LogP contribution in [0.15, 0.2) is 71.0 Å². The lowest BCUT2D eigenvalue weighted by Gasteiger charge is -2.30. The van der Waals surface area contributed by atoms with E-state index in [0.29, 0.717) is 27.7 Å². The molecule has 208 valence electrons. The van der Waals surface area contributed by atoms with E-state index in [-0.39, 0.29) is 13.2 Å². The van der Waals surface area contributed by atoms with Crippen LogP contribution in [0, 0.1) is 17.4 Å². The molecule has 1 aliphatic rings. The fraction of sp³-hybridized carbons (Fsp3) is 0.241. The summed E-state index contributed by atoms with van der Waals surface area (Å²) in [5.74, 6) is -0.459. The Bertz CT molecular complexity index is 1510. The molecule has 3 aromatic rings. The molecule has 4 rings (SSSR count). The van der Waals surface area contributed by atoms with E-state index in [0.717, 1.165) is 26.2 Å². The summed E-state index contributed by atoms with van der Waals surface area (Å²) in [6.45, 7) is 7.51. The third-order valence-electron chi connectivity index (χ3n) is 6.28. The second-order valence-corrected chi connectivity index (χ2v) is 10.7. The van der Waals surface area contributed by atoms with Crippen LogP contribution < -0.4 is 20.8 Å². The fourth-order valence-corrected chi connectivity index (χ4v) is 5.33. The number of rotatable bonds is 9. The summed E-state index contributed by atoms with van der Waals surface area (Å²) >= 11 is 7.62. The number of carbonyl (C=O) groups is 2. The lowest BCUT2D eigenvalue weighted by atomic mass is 9.95. The third-order valence-corrected chi connectivity index (χ3v) is 7.17. The highest BCUT2D eigenvalue weighted by molar-refractivity contribution is 14.1. The normalized spacial score (nSPS) is 15.0. The average Bonchev–Trinajstić information content (AvgIpc) is 3.19. The van der Waals surface area contributed by atoms with E-state index in [1.807, 2.05) is 44.2 Å². The number of aromatic nitrogens is 1. The summed E-state index contributed by atoms with van der Waals surface area (Å²) in [5, 5.41) is 10.6. The van der Waals surface area contributed by atoms with E-state index in [9.17, 15) is 9.59 Å². The van der Waals surface area contributed by atoms with Gasteiger partial charge in [0, 0.05) is 37.5 Å². The van der Waals surface area contributed by atoms with Gasteiger partial charge in [0.15, 0.2) is 11.7 Å². The van der Waals surface area contributed by atoms with Crippen molar-refractivity contribution in [1.29, 1.82) is 0 Å². The van der Waals surface area contributed by atoms with Crippen molar-refractivity contribution < 1.29 is 19.1 Å². The number of esters is 1. The minimum absolute atomic E-state index is 0.237. The Balaban J connectivity index is 1.44. The van der Waals surface area contributed by atoms with Gasteiger partial charge in [-0.3, -0.25) is 4.79 Å². The van der Waals surface area contributed by atoms with Crippen molar-refractivity contribution in [3.8, 4) is 11.4 Å². The maximum Gasteiger partial charge on any atom is 0.338 e. The standard InChI is InChI=1S/C29H30IN5O4S/c1-5-38-28(37)26-18(3)32-29(40)33-27(26)23-11-6-7-12-24(23)39-16-25(36)34-31-15-20-13-17(2)35(19(20)4)22-10-8-9-21(30)14-22/h6-15,27H,5,16H2,1-4H3,(H,34,36)(H2,32,33,40)/t27-/m1/s1. The molecule has 0 aliphatic carbocycles. The summed E-state index contributed by atoms with van der Waals surface area (Å²) in [4.78, 5) is 25.3. The number of benzene rings is 2. The van der Waals surface area contributed by atoms with Gasteiger partial charge in [-0.1, -0.05) is 24.3 Å². The van der Waals surface area contributed by atoms with Crippen molar-refractivity contribution in [2.75, 3.05) is 13.2 Å². The van der Waals surface area contributed by atoms with E-state index < -0.39 is 17.9 Å². The molecular weight excluding hydrogens is 641 g/mol. The highest BCUT2D eigenvalue weighted by atomic mass is 127. The molecule has 0 fully saturated rings. The van der Waals surface area contributed by atoms with Crippen LogP contribution in [-0.2, 0) is 14.3 Å². The summed E-state index contributed by atoms with van der Waals surface area (Å²) in [5.41, 5.74) is 8.19. The third kappa shape index (κ3) is 6.70. The van der Waals surface area contributed by atoms with Crippen LogP contribution in [-0.4, -0.2) is 41.0 Å². The molecule has 1 amide bonds. The quantitative estimate of drug-likeness (QED) is 0.101. The number of allylic oxidation sites excluding steroid dienone is 1. The average molecular weight is 672 g/mol. The maximum atomic E-state index is 12.7. The Morgan fingerprint density at radius 3 is 2.67 bits per heavy atom. The molecule has 0 saturated carbocycles. The number of hydrogen-bond acceptors (Lipinski definition) is 6. The summed E-state index contributed by atoms with van der Waals surface area (Å²) in [7, 11) is 0. The summed E-state index contributed by atoms with van der Waals surface area (Å²) in [6, 6.07) is 16.8. The molecule has 1 aromatic heterocycles. The first-order valence-electron chi connectivity index (χ1n) is 12.6. The number of nitrogens with zero attached hydrogens (tertiary/aromatic N) is 2. The molecular formula is C29H30IN5O4S. The zero-order chi connectivity index (χ0) is 28.8. The number of hydrazone groups is 1. The van der Waals surface area contributed by atoms with Gasteiger partial charge in [-0.25, -0.2) is 10.2 Å². The van der Waals surface area contributed by atoms with Gasteiger partial charge in [-0.2, -0.15) is 5.10 Å². The van der Waals surface area contributed by atoms with Crippen molar-refractivity contribution in [3.05, 3.63) is 92.0 Å². The van der Waals surface area contributed by atoms with Gasteiger partial charge < -0.3 is 24.7 Å². The fourth-order valence-electron chi connectivity index (χ4n) is 4.54. The number of carbonyl (C=O) groups excluding carboxylic acids is 2. The molecule has 3 N–H and O–H groups in total. The molecule has 2 aromatic carbocycles. The molecule has 2 heterocycles. The Morgan fingerprint density at radius 1 is 1.15 bits per heavy atom. The zero-order valence-electron chi connectivity index (χ0n) is 22.6. The number of amides is 1. The number of para-hydroxylation sites is 1. The largest absolute Gasteiger partial charge is 0.483 e. The smallest absolute Gasteiger partial charge is 0.338 e. The SMILES string of the molecule is CCOC(=O)C1=C(C)NC(=S)N[C@@H]1c1ccccc1OCC(=O)NN=Cc1cc(C)n(-c2cccc(I)c2)c1C. The van der Waals surface area contributed by atoms with Gasteiger partial charge in [0.05, 0.1) is 24.4 Å². The summed E-state index contributed by atoms with van der Waals surface area (Å²) < 4.78 is 14.4. The van der Waals surface area contributed by atoms with Crippen molar-refractivity contribution in [3.63, 3.8) is 0 Å². The number of nitrogens with one attached hydrogen (secondary N) is 3. The van der Waals surface area contributed by atoms with E-state index in [1.54, 1.807) is 32.2 Å². The van der Waals surface area contributed by atoms with Crippen molar-refractivity contribution >= 4 is 58.0 Å². The Hall–Kier alpha value is -3.71. The number of ether oxygens (including phenoxy) is 2. The van der Waals surface area contributed by atoms with E-state index >= 15 is 0 Å². The van der Waals surface area contributed by atoms with Crippen LogP contribution in [0.2, 0.25) is 0 Å². The topological polar surface area (TPSA) is 106 Å². The highest BCUT2D eigenvalue weighted by Gasteiger charge is 2.32. The number of halogens is 1. The van der Waals surface area contributed by atoms with Crippen molar-refractivity contribution in [2.45, 2.75) is 33.7 Å². The van der Waals surface area contributed by atoms with Gasteiger partial charge in [0.2, 0.25) is 0 Å². The number of thiocarbonyl (C=S) groups is 1. The molecule has 1 atom stereocenters.